The molecule has 5 heteroatoms. The maximum Gasteiger partial charge on any atom is 0.235 e. The lowest BCUT2D eigenvalue weighted by Crippen LogP contribution is -2.37. The van der Waals surface area contributed by atoms with Crippen LogP contribution in [0.25, 0.3) is 0 Å². The minimum absolute atomic E-state index is 0.0625. The number of hydrazine groups is 1. The normalized spacial score (nSPS) is 12.8. The van der Waals surface area contributed by atoms with Gasteiger partial charge in [0, 0.05) is 12.5 Å². The van der Waals surface area contributed by atoms with Gasteiger partial charge in [-0.3, -0.25) is 10.2 Å². The first-order valence-electron chi connectivity index (χ1n) is 2.56. The highest BCUT2D eigenvalue weighted by Gasteiger charge is 2.05. The molecule has 1 unspecified atom stereocenters. The van der Waals surface area contributed by atoms with Crippen LogP contribution in [0.4, 0.5) is 0 Å². The zero-order valence-corrected chi connectivity index (χ0v) is 5.00. The number of hydrogen-bond donors (Lipinski definition) is 4. The Morgan fingerprint density at radius 2 is 2.33 bits per heavy atom. The molecular formula is C4H11N3O2. The topological polar surface area (TPSA) is 101 Å². The van der Waals surface area contributed by atoms with E-state index in [1.807, 2.05) is 5.43 Å². The molecular weight excluding hydrogens is 122 g/mol. The summed E-state index contributed by atoms with van der Waals surface area (Å²) in [6, 6.07) is -0.506. The second kappa shape index (κ2) is 4.25. The Morgan fingerprint density at radius 1 is 1.78 bits per heavy atom. The van der Waals surface area contributed by atoms with Gasteiger partial charge in [0.15, 0.2) is 0 Å². The van der Waals surface area contributed by atoms with Gasteiger partial charge in [0.05, 0.1) is 6.61 Å². The van der Waals surface area contributed by atoms with Crippen LogP contribution < -0.4 is 17.0 Å². The average molecular weight is 133 g/mol. The minimum Gasteiger partial charge on any atom is -0.395 e. The molecule has 0 aromatic heterocycles. The lowest BCUT2D eigenvalue weighted by Gasteiger charge is -2.04. The Labute approximate surface area is 53.0 Å². The number of nitrogens with one attached hydrogen (secondary N) is 1. The van der Waals surface area contributed by atoms with Crippen LogP contribution in [0, 0.1) is 0 Å². The lowest BCUT2D eigenvalue weighted by atomic mass is 10.2. The van der Waals surface area contributed by atoms with Crippen molar-refractivity contribution in [2.24, 2.45) is 11.6 Å². The molecule has 0 aliphatic rings. The fourth-order valence-corrected chi connectivity index (χ4v) is 0.362. The molecule has 1 amide bonds. The minimum atomic E-state index is -0.506. The van der Waals surface area contributed by atoms with Gasteiger partial charge < -0.3 is 10.8 Å². The number of hydrogen-bond acceptors (Lipinski definition) is 4. The fraction of sp³-hybridized carbons (Fsp3) is 0.750. The SMILES string of the molecule is NNC(=O)CC(N)CO. The highest BCUT2D eigenvalue weighted by atomic mass is 16.3. The van der Waals surface area contributed by atoms with Crippen molar-refractivity contribution in [2.45, 2.75) is 12.5 Å². The Bertz CT molecular complexity index is 95.8. The number of aliphatic hydroxyl groups excluding tert-OH is 1. The third kappa shape index (κ3) is 3.89. The van der Waals surface area contributed by atoms with E-state index >= 15 is 0 Å². The van der Waals surface area contributed by atoms with Gasteiger partial charge >= 0.3 is 0 Å². The average Bonchev–Trinajstić information content (AvgIpc) is 1.87. The summed E-state index contributed by atoms with van der Waals surface area (Å²) in [5, 5.41) is 8.33. The summed E-state index contributed by atoms with van der Waals surface area (Å²) in [5.74, 6) is 4.37. The predicted molar refractivity (Wildman–Crippen MR) is 32.0 cm³/mol. The summed E-state index contributed by atoms with van der Waals surface area (Å²) in [6.07, 6.45) is 0.0625. The molecule has 5 nitrogen and oxygen atoms in total. The van der Waals surface area contributed by atoms with Crippen molar-refractivity contribution in [3.8, 4) is 0 Å². The summed E-state index contributed by atoms with van der Waals surface area (Å²) < 4.78 is 0. The van der Waals surface area contributed by atoms with Crippen LogP contribution in [0.15, 0.2) is 0 Å². The van der Waals surface area contributed by atoms with E-state index in [1.54, 1.807) is 0 Å². The zero-order valence-electron chi connectivity index (χ0n) is 5.00. The first-order chi connectivity index (χ1) is 4.20. The molecule has 0 saturated heterocycles. The maximum absolute atomic E-state index is 10.4. The summed E-state index contributed by atoms with van der Waals surface area (Å²) >= 11 is 0. The van der Waals surface area contributed by atoms with Crippen molar-refractivity contribution in [1.29, 1.82) is 0 Å². The smallest absolute Gasteiger partial charge is 0.235 e. The van der Waals surface area contributed by atoms with Crippen LogP contribution >= 0.6 is 0 Å². The van der Waals surface area contributed by atoms with E-state index in [2.05, 4.69) is 0 Å². The van der Waals surface area contributed by atoms with Crippen LogP contribution in [0.3, 0.4) is 0 Å². The molecule has 0 rings (SSSR count). The van der Waals surface area contributed by atoms with Crippen molar-refractivity contribution in [1.82, 2.24) is 5.43 Å². The quantitative estimate of drug-likeness (QED) is 0.197. The lowest BCUT2D eigenvalue weighted by molar-refractivity contribution is -0.121. The summed E-state index contributed by atoms with van der Waals surface area (Å²) in [7, 11) is 0. The number of aliphatic hydroxyl groups is 1. The van der Waals surface area contributed by atoms with E-state index in [0.29, 0.717) is 0 Å². The maximum atomic E-state index is 10.4. The third-order valence-electron chi connectivity index (χ3n) is 0.843. The summed E-state index contributed by atoms with van der Waals surface area (Å²) in [5.41, 5.74) is 7.08. The van der Waals surface area contributed by atoms with Crippen LogP contribution in [-0.4, -0.2) is 23.7 Å². The van der Waals surface area contributed by atoms with E-state index < -0.39 is 6.04 Å². The first-order valence-corrected chi connectivity index (χ1v) is 2.56. The van der Waals surface area contributed by atoms with Gasteiger partial charge in [-0.05, 0) is 0 Å². The number of nitrogens with two attached hydrogens (primary N) is 2. The molecule has 0 bridgehead atoms. The van der Waals surface area contributed by atoms with Crippen LogP contribution in [0.2, 0.25) is 0 Å². The fourth-order valence-electron chi connectivity index (χ4n) is 0.362. The van der Waals surface area contributed by atoms with Gasteiger partial charge in [0.1, 0.15) is 0 Å². The zero-order chi connectivity index (χ0) is 7.28. The molecule has 9 heavy (non-hydrogen) atoms. The van der Waals surface area contributed by atoms with Crippen molar-refractivity contribution < 1.29 is 9.90 Å². The van der Waals surface area contributed by atoms with Gasteiger partial charge in [0.2, 0.25) is 5.91 Å². The second-order valence-corrected chi connectivity index (χ2v) is 1.71. The molecule has 0 aromatic rings. The molecule has 54 valence electrons. The molecule has 6 N–H and O–H groups in total. The van der Waals surface area contributed by atoms with Crippen LogP contribution in [-0.2, 0) is 4.79 Å². The van der Waals surface area contributed by atoms with Crippen molar-refractivity contribution in [2.75, 3.05) is 6.61 Å². The van der Waals surface area contributed by atoms with Crippen molar-refractivity contribution >= 4 is 5.91 Å². The first kappa shape index (κ1) is 8.35. The Hall–Kier alpha value is -0.650. The molecule has 0 aliphatic heterocycles. The number of carbonyl (C=O) groups excluding carboxylic acids is 1. The van der Waals surface area contributed by atoms with Gasteiger partial charge in [0.25, 0.3) is 0 Å². The molecule has 0 aliphatic carbocycles. The number of amides is 1. The van der Waals surface area contributed by atoms with E-state index in [-0.39, 0.29) is 18.9 Å². The summed E-state index contributed by atoms with van der Waals surface area (Å²) in [4.78, 5) is 10.4. The largest absolute Gasteiger partial charge is 0.395 e. The third-order valence-corrected chi connectivity index (χ3v) is 0.843. The highest BCUT2D eigenvalue weighted by molar-refractivity contribution is 5.75. The molecule has 0 aromatic carbocycles. The van der Waals surface area contributed by atoms with Gasteiger partial charge in [-0.2, -0.15) is 0 Å². The van der Waals surface area contributed by atoms with E-state index in [4.69, 9.17) is 16.7 Å². The van der Waals surface area contributed by atoms with Gasteiger partial charge in [-0.25, -0.2) is 5.84 Å². The number of rotatable bonds is 3. The summed E-state index contributed by atoms with van der Waals surface area (Å²) in [6.45, 7) is -0.201. The van der Waals surface area contributed by atoms with Gasteiger partial charge in [-0.15, -0.1) is 0 Å². The monoisotopic (exact) mass is 133 g/mol. The molecule has 0 heterocycles. The Morgan fingerprint density at radius 3 is 2.67 bits per heavy atom. The van der Waals surface area contributed by atoms with Gasteiger partial charge in [-0.1, -0.05) is 0 Å². The highest BCUT2D eigenvalue weighted by Crippen LogP contribution is 1.83. The van der Waals surface area contributed by atoms with Crippen molar-refractivity contribution in [3.05, 3.63) is 0 Å². The second-order valence-electron chi connectivity index (χ2n) is 1.71. The molecule has 0 radical (unpaired) electrons. The Kier molecular flexibility index (Phi) is 3.94. The number of carbonyl (C=O) groups is 1. The van der Waals surface area contributed by atoms with E-state index in [1.165, 1.54) is 0 Å². The standard InChI is InChI=1S/C4H11N3O2/c5-3(2-8)1-4(9)7-6/h3,8H,1-2,5-6H2,(H,7,9). The molecule has 0 spiro atoms. The Balaban J connectivity index is 3.34. The van der Waals surface area contributed by atoms with E-state index in [0.717, 1.165) is 0 Å². The molecule has 1 atom stereocenters. The van der Waals surface area contributed by atoms with Crippen molar-refractivity contribution in [3.63, 3.8) is 0 Å². The molecule has 0 saturated carbocycles. The molecule has 0 fully saturated rings. The van der Waals surface area contributed by atoms with Crippen LogP contribution in [0.5, 0.6) is 0 Å². The van der Waals surface area contributed by atoms with E-state index in [9.17, 15) is 4.79 Å². The predicted octanol–water partition coefficient (Wildman–Crippen LogP) is -2.31. The van der Waals surface area contributed by atoms with Crippen LogP contribution in [0.1, 0.15) is 6.42 Å².